The topological polar surface area (TPSA) is 48.0 Å². The number of hydrogen-bond acceptors (Lipinski definition) is 5. The minimum atomic E-state index is -2.04. The van der Waals surface area contributed by atoms with E-state index in [9.17, 15) is 4.79 Å². The van der Waals surface area contributed by atoms with Crippen molar-refractivity contribution >= 4 is 22.8 Å². The minimum Gasteiger partial charge on any atom is -0.466 e. The highest BCUT2D eigenvalue weighted by Crippen LogP contribution is 2.18. The maximum atomic E-state index is 11.6. The number of esters is 1. The highest BCUT2D eigenvalue weighted by Gasteiger charge is 2.31. The van der Waals surface area contributed by atoms with Gasteiger partial charge in [-0.2, -0.15) is 0 Å². The average Bonchev–Trinajstić information content (AvgIpc) is 2.42. The summed E-state index contributed by atoms with van der Waals surface area (Å²) in [6.07, 6.45) is 1.53. The normalized spacial score (nSPS) is 12.7. The lowest BCUT2D eigenvalue weighted by atomic mass is 10.4. The Labute approximate surface area is 145 Å². The van der Waals surface area contributed by atoms with Crippen LogP contribution in [0.2, 0.25) is 32.2 Å². The second-order valence-corrected chi connectivity index (χ2v) is 15.1. The van der Waals surface area contributed by atoms with E-state index in [4.69, 9.17) is 13.6 Å². The molecule has 0 atom stereocenters. The van der Waals surface area contributed by atoms with Crippen molar-refractivity contribution in [1.82, 2.24) is 4.57 Å². The Hall–Kier alpha value is -0.216. The second-order valence-electron chi connectivity index (χ2n) is 6.82. The Morgan fingerprint density at radius 3 is 1.91 bits per heavy atom. The Balaban J connectivity index is 4.47. The molecule has 5 nitrogen and oxygen atoms in total. The van der Waals surface area contributed by atoms with E-state index in [0.717, 1.165) is 25.6 Å². The molecule has 0 aliphatic carbocycles. The van der Waals surface area contributed by atoms with Crippen molar-refractivity contribution in [3.05, 3.63) is 0 Å². The van der Waals surface area contributed by atoms with Gasteiger partial charge in [-0.15, -0.1) is 0 Å². The summed E-state index contributed by atoms with van der Waals surface area (Å²) in [5, 5.41) is 0. The van der Waals surface area contributed by atoms with Crippen LogP contribution in [0.25, 0.3) is 0 Å². The predicted octanol–water partition coefficient (Wildman–Crippen LogP) is 3.61. The second kappa shape index (κ2) is 11.4. The van der Waals surface area contributed by atoms with Crippen molar-refractivity contribution in [2.75, 3.05) is 32.9 Å². The summed E-state index contributed by atoms with van der Waals surface area (Å²) in [5.41, 5.74) is 0. The molecule has 0 bridgehead atoms. The first-order valence-corrected chi connectivity index (χ1v) is 14.8. The first kappa shape index (κ1) is 22.8. The van der Waals surface area contributed by atoms with E-state index >= 15 is 0 Å². The van der Waals surface area contributed by atoms with E-state index in [0.29, 0.717) is 26.2 Å². The van der Waals surface area contributed by atoms with E-state index in [1.165, 1.54) is 0 Å². The highest BCUT2D eigenvalue weighted by atomic mass is 28.4. The molecule has 0 unspecified atom stereocenters. The molecule has 0 aromatic rings. The van der Waals surface area contributed by atoms with Gasteiger partial charge in [0.15, 0.2) is 0 Å². The number of carbonyl (C=O) groups excluding carboxylic acids is 1. The third-order valence-corrected chi connectivity index (χ3v) is 9.20. The lowest BCUT2D eigenvalue weighted by molar-refractivity contribution is -0.143. The lowest BCUT2D eigenvalue weighted by Gasteiger charge is -2.35. The molecular formula is C16H37NO4Si2. The minimum absolute atomic E-state index is 0.0985. The van der Waals surface area contributed by atoms with Crippen LogP contribution in [0.15, 0.2) is 0 Å². The van der Waals surface area contributed by atoms with E-state index in [2.05, 4.69) is 30.8 Å². The number of hydrogen-bond donors (Lipinski definition) is 0. The van der Waals surface area contributed by atoms with Gasteiger partial charge in [-0.25, -0.2) is 0 Å². The van der Waals surface area contributed by atoms with Crippen LogP contribution in [-0.2, 0) is 18.4 Å². The van der Waals surface area contributed by atoms with Gasteiger partial charge in [0.05, 0.1) is 13.0 Å². The molecule has 0 spiro atoms. The molecule has 0 aromatic carbocycles. The Bertz CT molecular complexity index is 329. The van der Waals surface area contributed by atoms with Gasteiger partial charge in [0.2, 0.25) is 0 Å². The van der Waals surface area contributed by atoms with Crippen molar-refractivity contribution in [1.29, 1.82) is 0 Å². The lowest BCUT2D eigenvalue weighted by Crippen LogP contribution is -2.48. The van der Waals surface area contributed by atoms with Crippen LogP contribution in [0.3, 0.4) is 0 Å². The number of ether oxygens (including phenoxy) is 1. The van der Waals surface area contributed by atoms with Crippen LogP contribution in [0.4, 0.5) is 0 Å². The van der Waals surface area contributed by atoms with Gasteiger partial charge in [-0.05, 0) is 46.3 Å². The summed E-state index contributed by atoms with van der Waals surface area (Å²) in [7, 11) is -3.49. The first-order valence-electron chi connectivity index (χ1n) is 8.87. The standard InChI is InChI=1S/C16H37NO4Si2/c1-8-19-16(18)12-14-17(22(4,5)6)13-11-15-23(7,20-9-2)21-10-3/h8-15H2,1-7H3. The van der Waals surface area contributed by atoms with Crippen molar-refractivity contribution in [3.63, 3.8) is 0 Å². The Morgan fingerprint density at radius 1 is 0.913 bits per heavy atom. The van der Waals surface area contributed by atoms with Crippen molar-refractivity contribution in [2.45, 2.75) is 65.8 Å². The van der Waals surface area contributed by atoms with E-state index in [1.54, 1.807) is 0 Å². The summed E-state index contributed by atoms with van der Waals surface area (Å²) < 4.78 is 19.3. The quantitative estimate of drug-likeness (QED) is 0.369. The van der Waals surface area contributed by atoms with E-state index in [-0.39, 0.29) is 5.97 Å². The van der Waals surface area contributed by atoms with Gasteiger partial charge in [-0.3, -0.25) is 4.79 Å². The van der Waals surface area contributed by atoms with Gasteiger partial charge < -0.3 is 18.2 Å². The average molecular weight is 364 g/mol. The highest BCUT2D eigenvalue weighted by molar-refractivity contribution is 6.73. The van der Waals surface area contributed by atoms with Gasteiger partial charge >= 0.3 is 14.5 Å². The molecule has 7 heteroatoms. The molecule has 0 radical (unpaired) electrons. The van der Waals surface area contributed by atoms with Crippen LogP contribution in [0, 0.1) is 0 Å². The summed E-state index contributed by atoms with van der Waals surface area (Å²) in [4.78, 5) is 11.6. The number of rotatable bonds is 13. The Morgan fingerprint density at radius 2 is 1.48 bits per heavy atom. The smallest absolute Gasteiger partial charge is 0.334 e. The molecule has 0 heterocycles. The molecule has 0 fully saturated rings. The number of carbonyl (C=O) groups is 1. The molecule has 0 rings (SSSR count). The first-order chi connectivity index (χ1) is 10.7. The number of nitrogens with zero attached hydrogens (tertiary/aromatic N) is 1. The summed E-state index contributed by atoms with van der Waals surface area (Å²) in [6, 6.07) is 0.995. The van der Waals surface area contributed by atoms with Crippen molar-refractivity contribution in [2.24, 2.45) is 0 Å². The fraction of sp³-hybridized carbons (Fsp3) is 0.938. The van der Waals surface area contributed by atoms with Crippen LogP contribution >= 0.6 is 0 Å². The molecular weight excluding hydrogens is 326 g/mol. The molecule has 0 N–H and O–H groups in total. The molecule has 0 saturated heterocycles. The third kappa shape index (κ3) is 10.3. The van der Waals surface area contributed by atoms with Crippen molar-refractivity contribution in [3.8, 4) is 0 Å². The summed E-state index contributed by atoms with van der Waals surface area (Å²) in [5.74, 6) is -0.0985. The summed E-state index contributed by atoms with van der Waals surface area (Å²) >= 11 is 0. The molecule has 0 saturated carbocycles. The summed E-state index contributed by atoms with van der Waals surface area (Å²) in [6.45, 7) is 18.7. The van der Waals surface area contributed by atoms with Crippen molar-refractivity contribution < 1.29 is 18.4 Å². The maximum absolute atomic E-state index is 11.6. The van der Waals surface area contributed by atoms with E-state index < -0.39 is 16.8 Å². The Kier molecular flexibility index (Phi) is 11.3. The zero-order valence-corrected chi connectivity index (χ0v) is 18.2. The molecule has 23 heavy (non-hydrogen) atoms. The molecule has 0 aromatic heterocycles. The molecule has 0 aliphatic heterocycles. The SMILES string of the molecule is CCOC(=O)CCN(CCC[Si](C)(OCC)OCC)[Si](C)(C)C. The van der Waals surface area contributed by atoms with Crippen LogP contribution < -0.4 is 0 Å². The zero-order valence-electron chi connectivity index (χ0n) is 16.2. The van der Waals surface area contributed by atoms with Gasteiger partial charge in [-0.1, -0.05) is 19.6 Å². The molecule has 138 valence electrons. The van der Waals surface area contributed by atoms with Crippen LogP contribution in [0.5, 0.6) is 0 Å². The fourth-order valence-corrected chi connectivity index (χ4v) is 6.63. The molecule has 0 amide bonds. The predicted molar refractivity (Wildman–Crippen MR) is 100 cm³/mol. The molecule has 0 aliphatic rings. The third-order valence-electron chi connectivity index (χ3n) is 3.80. The van der Waals surface area contributed by atoms with Gasteiger partial charge in [0, 0.05) is 19.8 Å². The van der Waals surface area contributed by atoms with Gasteiger partial charge in [0.1, 0.15) is 8.24 Å². The maximum Gasteiger partial charge on any atom is 0.334 e. The van der Waals surface area contributed by atoms with Crippen LogP contribution in [0.1, 0.15) is 33.6 Å². The largest absolute Gasteiger partial charge is 0.466 e. The fourth-order valence-electron chi connectivity index (χ4n) is 2.63. The van der Waals surface area contributed by atoms with E-state index in [1.807, 2.05) is 20.8 Å². The van der Waals surface area contributed by atoms with Crippen LogP contribution in [-0.4, -0.2) is 60.2 Å². The monoisotopic (exact) mass is 363 g/mol. The van der Waals surface area contributed by atoms with Gasteiger partial charge in [0.25, 0.3) is 0 Å². The zero-order chi connectivity index (χ0) is 17.9.